The van der Waals surface area contributed by atoms with E-state index in [1.54, 1.807) is 6.07 Å². The third-order valence-electron chi connectivity index (χ3n) is 4.15. The molecule has 1 aliphatic heterocycles. The summed E-state index contributed by atoms with van der Waals surface area (Å²) in [7, 11) is -2.83. The maximum atomic E-state index is 11.5. The molecule has 0 atom stereocenters. The Labute approximate surface area is 146 Å². The van der Waals surface area contributed by atoms with Gasteiger partial charge < -0.3 is 11.1 Å². The van der Waals surface area contributed by atoms with Gasteiger partial charge in [0.05, 0.1) is 22.2 Å². The zero-order valence-corrected chi connectivity index (χ0v) is 14.6. The van der Waals surface area contributed by atoms with Crippen LogP contribution in [-0.4, -0.2) is 36.4 Å². The summed E-state index contributed by atoms with van der Waals surface area (Å²) in [5, 5.41) is 3.78. The first kappa shape index (κ1) is 17.0. The number of pyridine rings is 2. The number of nitrogens with one attached hydrogen (secondary N) is 1. The summed E-state index contributed by atoms with van der Waals surface area (Å²) in [6, 6.07) is 7.32. The van der Waals surface area contributed by atoms with Crippen molar-refractivity contribution in [3.63, 3.8) is 0 Å². The predicted molar refractivity (Wildman–Crippen MR) is 96.8 cm³/mol. The minimum Gasteiger partial charge on any atom is -0.384 e. The van der Waals surface area contributed by atoms with Gasteiger partial charge >= 0.3 is 0 Å². The maximum Gasteiger partial charge on any atom is 0.150 e. The minimum atomic E-state index is -2.83. The summed E-state index contributed by atoms with van der Waals surface area (Å²) in [5.74, 6) is 2.02. The van der Waals surface area contributed by atoms with E-state index in [0.717, 1.165) is 11.4 Å². The molecule has 0 unspecified atom stereocenters. The molecule has 8 heteroatoms. The van der Waals surface area contributed by atoms with E-state index in [1.165, 1.54) is 6.20 Å². The number of aromatic nitrogens is 2. The highest BCUT2D eigenvalue weighted by molar-refractivity contribution is 7.91. The van der Waals surface area contributed by atoms with Crippen LogP contribution in [0.4, 0.5) is 11.6 Å². The van der Waals surface area contributed by atoms with Crippen molar-refractivity contribution in [3.8, 4) is 11.3 Å². The first-order valence-electron chi connectivity index (χ1n) is 7.76. The van der Waals surface area contributed by atoms with Crippen LogP contribution in [0.5, 0.6) is 0 Å². The molecule has 3 heterocycles. The van der Waals surface area contributed by atoms with Gasteiger partial charge in [0.25, 0.3) is 0 Å². The van der Waals surface area contributed by atoms with E-state index in [1.807, 2.05) is 18.2 Å². The van der Waals surface area contributed by atoms with E-state index < -0.39 is 9.84 Å². The van der Waals surface area contributed by atoms with Crippen molar-refractivity contribution in [2.75, 3.05) is 29.1 Å². The lowest BCUT2D eigenvalue weighted by Gasteiger charge is -2.22. The lowest BCUT2D eigenvalue weighted by atomic mass is 10.0. The van der Waals surface area contributed by atoms with E-state index in [9.17, 15) is 8.42 Å². The van der Waals surface area contributed by atoms with Crippen LogP contribution in [0.25, 0.3) is 11.3 Å². The van der Waals surface area contributed by atoms with Gasteiger partial charge in [0.1, 0.15) is 21.5 Å². The zero-order chi connectivity index (χ0) is 17.2. The third kappa shape index (κ3) is 4.15. The molecule has 3 N–H and O–H groups in total. The van der Waals surface area contributed by atoms with Crippen LogP contribution >= 0.6 is 11.6 Å². The number of hydrogen-bond acceptors (Lipinski definition) is 6. The number of halogens is 1. The fraction of sp³-hybridized carbons (Fsp3) is 0.375. The van der Waals surface area contributed by atoms with Crippen molar-refractivity contribution in [3.05, 3.63) is 35.5 Å². The summed E-state index contributed by atoms with van der Waals surface area (Å²) in [5.41, 5.74) is 7.16. The second-order valence-electron chi connectivity index (χ2n) is 5.97. The molecule has 0 amide bonds. The molecule has 1 saturated heterocycles. The molecular weight excluding hydrogens is 348 g/mol. The third-order valence-corrected chi connectivity index (χ3v) is 6.16. The van der Waals surface area contributed by atoms with Crippen LogP contribution in [0.3, 0.4) is 0 Å². The molecule has 6 nitrogen and oxygen atoms in total. The monoisotopic (exact) mass is 366 g/mol. The molecule has 24 heavy (non-hydrogen) atoms. The molecule has 1 fully saturated rings. The average Bonchev–Trinajstić information content (AvgIpc) is 2.56. The van der Waals surface area contributed by atoms with Crippen LogP contribution in [0.1, 0.15) is 12.8 Å². The van der Waals surface area contributed by atoms with Gasteiger partial charge in [-0.05, 0) is 37.0 Å². The largest absolute Gasteiger partial charge is 0.384 e. The van der Waals surface area contributed by atoms with Crippen molar-refractivity contribution < 1.29 is 8.42 Å². The molecule has 2 aromatic heterocycles. The van der Waals surface area contributed by atoms with Gasteiger partial charge in [-0.25, -0.2) is 18.4 Å². The highest BCUT2D eigenvalue weighted by Crippen LogP contribution is 2.28. The predicted octanol–water partition coefficient (Wildman–Crippen LogP) is 2.62. The molecule has 0 aromatic carbocycles. The lowest BCUT2D eigenvalue weighted by Crippen LogP contribution is -2.27. The smallest absolute Gasteiger partial charge is 0.150 e. The van der Waals surface area contributed by atoms with Crippen molar-refractivity contribution in [2.45, 2.75) is 12.8 Å². The number of rotatable bonds is 4. The molecular formula is C16H19ClN4O2S. The Kier molecular flexibility index (Phi) is 4.91. The normalized spacial score (nSPS) is 17.5. The Morgan fingerprint density at radius 3 is 2.79 bits per heavy atom. The Morgan fingerprint density at radius 1 is 1.29 bits per heavy atom. The summed E-state index contributed by atoms with van der Waals surface area (Å²) in [4.78, 5) is 8.51. The van der Waals surface area contributed by atoms with E-state index in [2.05, 4.69) is 15.3 Å². The van der Waals surface area contributed by atoms with Crippen LogP contribution in [-0.2, 0) is 9.84 Å². The van der Waals surface area contributed by atoms with Crippen molar-refractivity contribution >= 4 is 33.1 Å². The Balaban J connectivity index is 1.69. The average molecular weight is 367 g/mol. The van der Waals surface area contributed by atoms with E-state index in [4.69, 9.17) is 17.3 Å². The van der Waals surface area contributed by atoms with E-state index in [-0.39, 0.29) is 11.5 Å². The number of sulfone groups is 1. The number of anilines is 2. The minimum absolute atomic E-state index is 0.277. The Morgan fingerprint density at radius 2 is 2.04 bits per heavy atom. The molecule has 0 spiro atoms. The molecule has 0 radical (unpaired) electrons. The van der Waals surface area contributed by atoms with Crippen molar-refractivity contribution in [2.24, 2.45) is 5.92 Å². The highest BCUT2D eigenvalue weighted by Gasteiger charge is 2.23. The lowest BCUT2D eigenvalue weighted by molar-refractivity contribution is 0.484. The van der Waals surface area contributed by atoms with Crippen LogP contribution < -0.4 is 11.1 Å². The number of nitrogen functional groups attached to an aromatic ring is 1. The standard InChI is InChI=1S/C16H19ClN4O2S/c17-13-10-19-15(18)8-12(13)14-2-1-3-16(21-14)20-9-11-4-6-24(22,23)7-5-11/h1-3,8,10-11H,4-7,9H2,(H2,18,19)(H,20,21). The second-order valence-corrected chi connectivity index (χ2v) is 8.68. The fourth-order valence-corrected chi connectivity index (χ4v) is 4.52. The Hall–Kier alpha value is -1.86. The van der Waals surface area contributed by atoms with Gasteiger partial charge in [0.2, 0.25) is 0 Å². The molecule has 1 aliphatic rings. The van der Waals surface area contributed by atoms with Crippen molar-refractivity contribution in [1.29, 1.82) is 0 Å². The van der Waals surface area contributed by atoms with Crippen LogP contribution in [0.15, 0.2) is 30.5 Å². The van der Waals surface area contributed by atoms with Crippen molar-refractivity contribution in [1.82, 2.24) is 9.97 Å². The highest BCUT2D eigenvalue weighted by atomic mass is 35.5. The molecule has 128 valence electrons. The molecule has 0 aliphatic carbocycles. The SMILES string of the molecule is Nc1cc(-c2cccc(NCC3CCS(=O)(=O)CC3)n2)c(Cl)cn1. The molecule has 0 saturated carbocycles. The number of hydrogen-bond donors (Lipinski definition) is 2. The fourth-order valence-electron chi connectivity index (χ4n) is 2.73. The van der Waals surface area contributed by atoms with Gasteiger partial charge in [-0.2, -0.15) is 0 Å². The first-order chi connectivity index (χ1) is 11.4. The maximum absolute atomic E-state index is 11.5. The number of nitrogens with two attached hydrogens (primary N) is 1. The van der Waals surface area contributed by atoms with Gasteiger partial charge in [-0.15, -0.1) is 0 Å². The van der Waals surface area contributed by atoms with E-state index in [0.29, 0.717) is 41.8 Å². The topological polar surface area (TPSA) is 98.0 Å². The summed E-state index contributed by atoms with van der Waals surface area (Å²) in [6.07, 6.45) is 2.90. The zero-order valence-electron chi connectivity index (χ0n) is 13.1. The van der Waals surface area contributed by atoms with E-state index >= 15 is 0 Å². The number of nitrogens with zero attached hydrogens (tertiary/aromatic N) is 2. The first-order valence-corrected chi connectivity index (χ1v) is 9.96. The Bertz CT molecular complexity index is 828. The van der Waals surface area contributed by atoms with Gasteiger partial charge in [0, 0.05) is 18.3 Å². The van der Waals surface area contributed by atoms with Gasteiger partial charge in [-0.1, -0.05) is 17.7 Å². The molecule has 0 bridgehead atoms. The molecule has 3 rings (SSSR count). The summed E-state index contributed by atoms with van der Waals surface area (Å²) < 4.78 is 22.9. The second kappa shape index (κ2) is 6.94. The van der Waals surface area contributed by atoms with Crippen LogP contribution in [0, 0.1) is 5.92 Å². The summed E-state index contributed by atoms with van der Waals surface area (Å²) >= 11 is 6.17. The quantitative estimate of drug-likeness (QED) is 0.863. The van der Waals surface area contributed by atoms with Gasteiger partial charge in [0.15, 0.2) is 0 Å². The van der Waals surface area contributed by atoms with Crippen LogP contribution in [0.2, 0.25) is 5.02 Å². The molecule has 2 aromatic rings. The summed E-state index contributed by atoms with van der Waals surface area (Å²) in [6.45, 7) is 0.707. The van der Waals surface area contributed by atoms with Gasteiger partial charge in [-0.3, -0.25) is 0 Å².